The Morgan fingerprint density at radius 1 is 1.54 bits per heavy atom. The highest BCUT2D eigenvalue weighted by Gasteiger charge is 2.42. The van der Waals surface area contributed by atoms with Crippen molar-refractivity contribution in [3.8, 4) is 0 Å². The van der Waals surface area contributed by atoms with E-state index in [2.05, 4.69) is 21.1 Å². The van der Waals surface area contributed by atoms with Crippen molar-refractivity contribution in [3.05, 3.63) is 11.9 Å². The van der Waals surface area contributed by atoms with E-state index in [0.29, 0.717) is 5.92 Å². The third kappa shape index (κ3) is 1.15. The summed E-state index contributed by atoms with van der Waals surface area (Å²) < 4.78 is 2.16. The first-order chi connectivity index (χ1) is 6.36. The molecule has 13 heavy (non-hydrogen) atoms. The summed E-state index contributed by atoms with van der Waals surface area (Å²) in [4.78, 5) is 4.42. The van der Waals surface area contributed by atoms with Crippen molar-refractivity contribution in [2.45, 2.75) is 18.3 Å². The van der Waals surface area contributed by atoms with E-state index in [1.807, 2.05) is 6.20 Å². The van der Waals surface area contributed by atoms with Crippen LogP contribution in [-0.4, -0.2) is 28.7 Å². The van der Waals surface area contributed by atoms with Crippen molar-refractivity contribution < 1.29 is 4.58 Å². The molecule has 4 heteroatoms. The van der Waals surface area contributed by atoms with Gasteiger partial charge in [0.1, 0.15) is 5.50 Å². The van der Waals surface area contributed by atoms with Crippen LogP contribution >= 0.6 is 11.6 Å². The maximum Gasteiger partial charge on any atom is 0.306 e. The summed E-state index contributed by atoms with van der Waals surface area (Å²) in [6.07, 6.45) is 6.57. The molecule has 0 bridgehead atoms. The van der Waals surface area contributed by atoms with Crippen LogP contribution in [0, 0.1) is 5.92 Å². The van der Waals surface area contributed by atoms with Gasteiger partial charge in [-0.05, 0) is 17.8 Å². The Morgan fingerprint density at radius 3 is 3.15 bits per heavy atom. The predicted molar refractivity (Wildman–Crippen MR) is 52.2 cm³/mol. The molecule has 1 fully saturated rings. The Balaban J connectivity index is 1.95. The predicted octanol–water partition coefficient (Wildman–Crippen LogP) is 0.901. The molecule has 3 nitrogen and oxygen atoms in total. The maximum absolute atomic E-state index is 6.09. The quantitative estimate of drug-likeness (QED) is 0.377. The Kier molecular flexibility index (Phi) is 1.58. The molecule has 0 radical (unpaired) electrons. The molecule has 3 aliphatic rings. The van der Waals surface area contributed by atoms with E-state index in [4.69, 9.17) is 11.6 Å². The third-order valence-corrected chi connectivity index (χ3v) is 3.01. The van der Waals surface area contributed by atoms with Crippen LogP contribution in [0.3, 0.4) is 0 Å². The van der Waals surface area contributed by atoms with Crippen LogP contribution in [-0.2, 0) is 0 Å². The zero-order valence-corrected chi connectivity index (χ0v) is 7.96. The highest BCUT2D eigenvalue weighted by Crippen LogP contribution is 2.34. The second kappa shape index (κ2) is 2.66. The van der Waals surface area contributed by atoms with Crippen LogP contribution in [0.15, 0.2) is 16.9 Å². The lowest BCUT2D eigenvalue weighted by molar-refractivity contribution is -0.351. The number of amidine groups is 1. The molecule has 0 spiro atoms. The zero-order chi connectivity index (χ0) is 8.84. The second-order valence-electron chi connectivity index (χ2n) is 3.64. The molecule has 0 aromatic heterocycles. The third-order valence-electron chi connectivity index (χ3n) is 2.63. The van der Waals surface area contributed by atoms with Crippen molar-refractivity contribution in [3.63, 3.8) is 0 Å². The molecule has 0 aromatic carbocycles. The Labute approximate surface area is 81.8 Å². The lowest BCUT2D eigenvalue weighted by Crippen LogP contribution is -2.40. The van der Waals surface area contributed by atoms with E-state index >= 15 is 0 Å². The summed E-state index contributed by atoms with van der Waals surface area (Å²) in [6, 6.07) is 0. The van der Waals surface area contributed by atoms with E-state index in [0.717, 1.165) is 12.2 Å². The number of hydrogen-bond acceptors (Lipinski definition) is 2. The minimum atomic E-state index is -0.0787. The van der Waals surface area contributed by atoms with E-state index in [1.54, 1.807) is 0 Å². The second-order valence-corrected chi connectivity index (χ2v) is 4.08. The lowest BCUT2D eigenvalue weighted by Gasteiger charge is -2.16. The van der Waals surface area contributed by atoms with Crippen molar-refractivity contribution >= 4 is 23.7 Å². The lowest BCUT2D eigenvalue weighted by atomic mass is 10.3. The number of fused-ring (bicyclic) bond motifs is 1. The van der Waals surface area contributed by atoms with Crippen LogP contribution < -0.4 is 5.32 Å². The zero-order valence-electron chi connectivity index (χ0n) is 7.20. The van der Waals surface area contributed by atoms with Gasteiger partial charge in [-0.1, -0.05) is 11.6 Å². The van der Waals surface area contributed by atoms with Crippen molar-refractivity contribution in [1.29, 1.82) is 0 Å². The van der Waals surface area contributed by atoms with E-state index in [1.165, 1.54) is 18.7 Å². The Bertz CT molecular complexity index is 339. The molecule has 1 saturated carbocycles. The molecule has 1 unspecified atom stereocenters. The molecule has 0 amide bonds. The summed E-state index contributed by atoms with van der Waals surface area (Å²) in [5.74, 6) is 1.88. The van der Waals surface area contributed by atoms with E-state index in [9.17, 15) is 0 Å². The van der Waals surface area contributed by atoms with Gasteiger partial charge in [-0.3, -0.25) is 5.32 Å². The molecule has 1 atom stereocenters. The molecule has 0 aromatic rings. The first-order valence-corrected chi connectivity index (χ1v) is 5.07. The fourth-order valence-corrected chi connectivity index (χ4v) is 2.02. The summed E-state index contributed by atoms with van der Waals surface area (Å²) >= 11 is 6.09. The molecule has 0 saturated heterocycles. The fraction of sp³-hybridized carbons (Fsp3) is 0.556. The van der Waals surface area contributed by atoms with Gasteiger partial charge in [0.2, 0.25) is 0 Å². The average Bonchev–Trinajstić information content (AvgIpc) is 2.87. The summed E-state index contributed by atoms with van der Waals surface area (Å²) in [5.41, 5.74) is 1.000. The van der Waals surface area contributed by atoms with Gasteiger partial charge in [-0.2, -0.15) is 4.58 Å². The van der Waals surface area contributed by atoms with Gasteiger partial charge in [0.15, 0.2) is 11.9 Å². The molecule has 68 valence electrons. The minimum Gasteiger partial charge on any atom is -0.287 e. The van der Waals surface area contributed by atoms with Crippen LogP contribution in [0.1, 0.15) is 12.8 Å². The highest BCUT2D eigenvalue weighted by atomic mass is 35.5. The number of alkyl halides is 1. The minimum absolute atomic E-state index is 0.0787. The van der Waals surface area contributed by atoms with Gasteiger partial charge < -0.3 is 0 Å². The standard InChI is InChI=1S/C9H11ClN3/c10-8-7-5-12-9(6-1-2-6)13(7)4-3-11-8/h4-6,8,11H,1-3H2/q+1. The Morgan fingerprint density at radius 2 is 2.38 bits per heavy atom. The largest absolute Gasteiger partial charge is 0.306 e. The summed E-state index contributed by atoms with van der Waals surface area (Å²) in [5, 5.41) is 3.16. The average molecular weight is 197 g/mol. The van der Waals surface area contributed by atoms with Crippen LogP contribution in [0.5, 0.6) is 0 Å². The van der Waals surface area contributed by atoms with Gasteiger partial charge >= 0.3 is 5.84 Å². The van der Waals surface area contributed by atoms with Crippen molar-refractivity contribution in [2.24, 2.45) is 10.9 Å². The number of hydrogen-bond donors (Lipinski definition) is 1. The van der Waals surface area contributed by atoms with Gasteiger partial charge in [-0.25, -0.2) is 0 Å². The van der Waals surface area contributed by atoms with Gasteiger partial charge in [0.05, 0.1) is 18.7 Å². The molecule has 2 aliphatic heterocycles. The molecular formula is C9H11ClN3+. The first kappa shape index (κ1) is 7.71. The molecule has 1 aliphatic carbocycles. The summed E-state index contributed by atoms with van der Waals surface area (Å²) in [7, 11) is 0. The molecule has 3 rings (SSSR count). The molecule has 2 heterocycles. The van der Waals surface area contributed by atoms with Crippen LogP contribution in [0.2, 0.25) is 0 Å². The smallest absolute Gasteiger partial charge is 0.287 e. The number of nitrogens with one attached hydrogen (secondary N) is 1. The number of aliphatic imine (C=N–C) groups is 1. The SMILES string of the molecule is ClC1NCC=[N+]2C1=CN=C2C1CC1. The van der Waals surface area contributed by atoms with Gasteiger partial charge in [-0.15, -0.1) is 0 Å². The van der Waals surface area contributed by atoms with Crippen molar-refractivity contribution in [2.75, 3.05) is 6.54 Å². The first-order valence-electron chi connectivity index (χ1n) is 4.64. The van der Waals surface area contributed by atoms with E-state index in [-0.39, 0.29) is 5.50 Å². The Hall–Kier alpha value is -0.670. The monoisotopic (exact) mass is 196 g/mol. The fourth-order valence-electron chi connectivity index (χ4n) is 1.77. The van der Waals surface area contributed by atoms with Crippen molar-refractivity contribution in [1.82, 2.24) is 5.32 Å². The van der Waals surface area contributed by atoms with E-state index < -0.39 is 0 Å². The number of nitrogens with zero attached hydrogens (tertiary/aromatic N) is 2. The topological polar surface area (TPSA) is 27.4 Å². The summed E-state index contributed by atoms with van der Waals surface area (Å²) in [6.45, 7) is 0.831. The molecule has 1 N–H and O–H groups in total. The van der Waals surface area contributed by atoms with Gasteiger partial charge in [0.25, 0.3) is 0 Å². The highest BCUT2D eigenvalue weighted by molar-refractivity contribution is 6.22. The van der Waals surface area contributed by atoms with Crippen LogP contribution in [0.4, 0.5) is 0 Å². The maximum atomic E-state index is 6.09. The van der Waals surface area contributed by atoms with Crippen LogP contribution in [0.25, 0.3) is 0 Å². The number of rotatable bonds is 1. The number of halogens is 1. The normalized spacial score (nSPS) is 32.1. The molecular weight excluding hydrogens is 186 g/mol. The van der Waals surface area contributed by atoms with Gasteiger partial charge in [0, 0.05) is 0 Å².